The Kier molecular flexibility index (Phi) is 3.56. The summed E-state index contributed by atoms with van der Waals surface area (Å²) in [6.45, 7) is 6.24. The van der Waals surface area contributed by atoms with Crippen LogP contribution in [0.2, 0.25) is 0 Å². The molecule has 0 radical (unpaired) electrons. The normalized spacial score (nSPS) is 16.9. The lowest BCUT2D eigenvalue weighted by atomic mass is 10.1. The van der Waals surface area contributed by atoms with Crippen LogP contribution in [0.3, 0.4) is 0 Å². The predicted molar refractivity (Wildman–Crippen MR) is 79.0 cm³/mol. The van der Waals surface area contributed by atoms with Crippen molar-refractivity contribution in [1.82, 2.24) is 15.1 Å². The second-order valence-electron chi connectivity index (χ2n) is 5.74. The molecular weight excluding hydrogens is 234 g/mol. The highest BCUT2D eigenvalue weighted by molar-refractivity contribution is 5.81. The molecule has 1 aliphatic rings. The summed E-state index contributed by atoms with van der Waals surface area (Å²) >= 11 is 0. The first-order valence-electron chi connectivity index (χ1n) is 7.45. The van der Waals surface area contributed by atoms with Crippen LogP contribution in [0, 0.1) is 5.92 Å². The Labute approximate surface area is 115 Å². The van der Waals surface area contributed by atoms with Crippen LogP contribution >= 0.6 is 0 Å². The van der Waals surface area contributed by atoms with Gasteiger partial charge in [-0.25, -0.2) is 0 Å². The summed E-state index contributed by atoms with van der Waals surface area (Å²) in [6, 6.07) is 9.11. The van der Waals surface area contributed by atoms with Gasteiger partial charge in [-0.3, -0.25) is 4.68 Å². The number of hydrogen-bond acceptors (Lipinski definition) is 2. The molecule has 102 valence electrons. The highest BCUT2D eigenvalue weighted by Gasteiger charge is 2.23. The molecule has 1 unspecified atom stereocenters. The molecule has 0 aliphatic heterocycles. The fourth-order valence-corrected chi connectivity index (χ4v) is 2.78. The second kappa shape index (κ2) is 5.33. The third-order valence-corrected chi connectivity index (χ3v) is 4.04. The fourth-order valence-electron chi connectivity index (χ4n) is 2.78. The van der Waals surface area contributed by atoms with Crippen molar-refractivity contribution in [1.29, 1.82) is 0 Å². The van der Waals surface area contributed by atoms with Crippen molar-refractivity contribution in [2.75, 3.05) is 0 Å². The lowest BCUT2D eigenvalue weighted by Crippen LogP contribution is -2.26. The van der Waals surface area contributed by atoms with E-state index >= 15 is 0 Å². The monoisotopic (exact) mass is 257 g/mol. The Morgan fingerprint density at radius 3 is 2.89 bits per heavy atom. The Hall–Kier alpha value is -1.35. The van der Waals surface area contributed by atoms with E-state index in [2.05, 4.69) is 48.1 Å². The van der Waals surface area contributed by atoms with Crippen molar-refractivity contribution < 1.29 is 0 Å². The van der Waals surface area contributed by atoms with Gasteiger partial charge in [0.2, 0.25) is 0 Å². The molecular formula is C16H23N3. The lowest BCUT2D eigenvalue weighted by Gasteiger charge is -2.12. The number of para-hydroxylation sites is 1. The first-order chi connectivity index (χ1) is 9.28. The van der Waals surface area contributed by atoms with E-state index in [1.807, 2.05) is 0 Å². The first kappa shape index (κ1) is 12.7. The smallest absolute Gasteiger partial charge is 0.0841 e. The maximum absolute atomic E-state index is 4.73. The molecule has 1 N–H and O–H groups in total. The van der Waals surface area contributed by atoms with Crippen molar-refractivity contribution in [3.05, 3.63) is 30.0 Å². The number of fused-ring (bicyclic) bond motifs is 1. The average molecular weight is 257 g/mol. The number of aryl methyl sites for hydroxylation is 1. The van der Waals surface area contributed by atoms with Crippen LogP contribution in [-0.2, 0) is 13.1 Å². The molecule has 3 nitrogen and oxygen atoms in total. The summed E-state index contributed by atoms with van der Waals surface area (Å²) in [4.78, 5) is 0. The molecule has 1 aromatic heterocycles. The van der Waals surface area contributed by atoms with Gasteiger partial charge in [0.15, 0.2) is 0 Å². The third kappa shape index (κ3) is 2.81. The van der Waals surface area contributed by atoms with Gasteiger partial charge in [-0.1, -0.05) is 31.0 Å². The summed E-state index contributed by atoms with van der Waals surface area (Å²) in [6.07, 6.45) is 4.17. The fraction of sp³-hybridized carbons (Fsp3) is 0.562. The van der Waals surface area contributed by atoms with Gasteiger partial charge in [-0.15, -0.1) is 0 Å². The summed E-state index contributed by atoms with van der Waals surface area (Å²) in [5.41, 5.74) is 2.43. The Morgan fingerprint density at radius 1 is 1.37 bits per heavy atom. The summed E-state index contributed by atoms with van der Waals surface area (Å²) in [7, 11) is 0. The standard InChI is InChI=1S/C16H23N3/c1-3-19-16-7-5-4-6-14(16)15(18-19)11-17-12(2)10-13-8-9-13/h4-7,12-13,17H,3,8-11H2,1-2H3. The molecule has 1 aromatic carbocycles. The van der Waals surface area contributed by atoms with Gasteiger partial charge >= 0.3 is 0 Å². The van der Waals surface area contributed by atoms with Crippen LogP contribution < -0.4 is 5.32 Å². The molecule has 3 rings (SSSR count). The molecule has 1 fully saturated rings. The zero-order valence-electron chi connectivity index (χ0n) is 11.9. The van der Waals surface area contributed by atoms with Crippen molar-refractivity contribution in [3.8, 4) is 0 Å². The SMILES string of the molecule is CCn1nc(CNC(C)CC2CC2)c2ccccc21. The number of aromatic nitrogens is 2. The van der Waals surface area contributed by atoms with E-state index in [9.17, 15) is 0 Å². The topological polar surface area (TPSA) is 29.9 Å². The molecule has 1 heterocycles. The van der Waals surface area contributed by atoms with Gasteiger partial charge in [0.1, 0.15) is 0 Å². The molecule has 1 aliphatic carbocycles. The molecule has 1 atom stereocenters. The third-order valence-electron chi connectivity index (χ3n) is 4.04. The van der Waals surface area contributed by atoms with E-state index < -0.39 is 0 Å². The number of rotatable bonds is 6. The Bertz CT molecular complexity index is 554. The molecule has 19 heavy (non-hydrogen) atoms. The van der Waals surface area contributed by atoms with E-state index in [0.29, 0.717) is 6.04 Å². The van der Waals surface area contributed by atoms with E-state index in [-0.39, 0.29) is 0 Å². The molecule has 0 amide bonds. The average Bonchev–Trinajstić information content (AvgIpc) is 3.16. The quantitative estimate of drug-likeness (QED) is 0.860. The highest BCUT2D eigenvalue weighted by Crippen LogP contribution is 2.33. The van der Waals surface area contributed by atoms with Crippen LogP contribution in [0.15, 0.2) is 24.3 Å². The summed E-state index contributed by atoms with van der Waals surface area (Å²) in [5, 5.41) is 9.64. The van der Waals surface area contributed by atoms with E-state index in [1.165, 1.54) is 35.9 Å². The molecule has 0 spiro atoms. The minimum Gasteiger partial charge on any atom is -0.309 e. The number of nitrogens with zero attached hydrogens (tertiary/aromatic N) is 2. The minimum absolute atomic E-state index is 0.595. The summed E-state index contributed by atoms with van der Waals surface area (Å²) < 4.78 is 2.10. The molecule has 2 aromatic rings. The number of benzene rings is 1. The zero-order chi connectivity index (χ0) is 13.2. The van der Waals surface area contributed by atoms with Crippen LogP contribution in [-0.4, -0.2) is 15.8 Å². The second-order valence-corrected chi connectivity index (χ2v) is 5.74. The van der Waals surface area contributed by atoms with Crippen molar-refractivity contribution >= 4 is 10.9 Å². The Morgan fingerprint density at radius 2 is 2.16 bits per heavy atom. The Balaban J connectivity index is 1.72. The van der Waals surface area contributed by atoms with Gasteiger partial charge in [-0.05, 0) is 32.3 Å². The predicted octanol–water partition coefficient (Wildman–Crippen LogP) is 3.33. The van der Waals surface area contributed by atoms with Crippen molar-refractivity contribution in [2.45, 2.75) is 52.2 Å². The van der Waals surface area contributed by atoms with Crippen LogP contribution in [0.5, 0.6) is 0 Å². The van der Waals surface area contributed by atoms with Gasteiger partial charge in [0.25, 0.3) is 0 Å². The number of hydrogen-bond donors (Lipinski definition) is 1. The molecule has 1 saturated carbocycles. The van der Waals surface area contributed by atoms with Crippen LogP contribution in [0.25, 0.3) is 10.9 Å². The highest BCUT2D eigenvalue weighted by atomic mass is 15.3. The van der Waals surface area contributed by atoms with Gasteiger partial charge < -0.3 is 5.32 Å². The maximum Gasteiger partial charge on any atom is 0.0841 e. The summed E-state index contributed by atoms with van der Waals surface area (Å²) in [5.74, 6) is 0.979. The van der Waals surface area contributed by atoms with Crippen molar-refractivity contribution in [3.63, 3.8) is 0 Å². The minimum atomic E-state index is 0.595. The number of nitrogens with one attached hydrogen (secondary N) is 1. The van der Waals surface area contributed by atoms with Crippen LogP contribution in [0.1, 0.15) is 38.8 Å². The van der Waals surface area contributed by atoms with E-state index in [0.717, 1.165) is 19.0 Å². The van der Waals surface area contributed by atoms with Crippen LogP contribution in [0.4, 0.5) is 0 Å². The first-order valence-corrected chi connectivity index (χ1v) is 7.45. The van der Waals surface area contributed by atoms with Gasteiger partial charge in [-0.2, -0.15) is 5.10 Å². The van der Waals surface area contributed by atoms with Gasteiger partial charge in [0.05, 0.1) is 11.2 Å². The van der Waals surface area contributed by atoms with Gasteiger partial charge in [0, 0.05) is 24.5 Å². The van der Waals surface area contributed by atoms with Crippen molar-refractivity contribution in [2.24, 2.45) is 5.92 Å². The maximum atomic E-state index is 4.73. The lowest BCUT2D eigenvalue weighted by molar-refractivity contribution is 0.482. The largest absolute Gasteiger partial charge is 0.309 e. The van der Waals surface area contributed by atoms with E-state index in [1.54, 1.807) is 0 Å². The molecule has 3 heteroatoms. The van der Waals surface area contributed by atoms with E-state index in [4.69, 9.17) is 5.10 Å². The molecule has 0 bridgehead atoms. The molecule has 0 saturated heterocycles. The zero-order valence-corrected chi connectivity index (χ0v) is 11.9.